The average Bonchev–Trinajstić information content (AvgIpc) is 2.98. The van der Waals surface area contributed by atoms with Gasteiger partial charge in [0, 0.05) is 36.3 Å². The van der Waals surface area contributed by atoms with Crippen molar-refractivity contribution in [3.63, 3.8) is 0 Å². The summed E-state index contributed by atoms with van der Waals surface area (Å²) >= 11 is 1.34. The highest BCUT2D eigenvalue weighted by atomic mass is 32.3. The highest BCUT2D eigenvalue weighted by Crippen LogP contribution is 2.16. The van der Waals surface area contributed by atoms with Gasteiger partial charge in [-0.3, -0.25) is 4.90 Å². The van der Waals surface area contributed by atoms with Crippen LogP contribution in [0.15, 0.2) is 29.0 Å². The summed E-state index contributed by atoms with van der Waals surface area (Å²) in [5, 5.41) is 0. The van der Waals surface area contributed by atoms with Gasteiger partial charge in [-0.05, 0) is 30.6 Å². The number of rotatable bonds is 7. The maximum Gasteiger partial charge on any atom is 0.303 e. The molecular weight excluding hydrogens is 303 g/mol. The van der Waals surface area contributed by atoms with Gasteiger partial charge in [0.15, 0.2) is 0 Å². The van der Waals surface area contributed by atoms with E-state index in [0.29, 0.717) is 13.1 Å². The van der Waals surface area contributed by atoms with Crippen LogP contribution in [0.1, 0.15) is 16.2 Å². The first-order valence-corrected chi connectivity index (χ1v) is 8.34. The molecule has 0 aliphatic carbocycles. The zero-order chi connectivity index (χ0) is 14.6. The molecule has 0 aliphatic heterocycles. The Morgan fingerprint density at radius 1 is 1.40 bits per heavy atom. The van der Waals surface area contributed by atoms with Crippen LogP contribution in [-0.2, 0) is 23.3 Å². The zero-order valence-corrected chi connectivity index (χ0v) is 12.6. The van der Waals surface area contributed by atoms with Crippen molar-refractivity contribution in [3.05, 3.63) is 40.8 Å². The number of furan rings is 1. The van der Waals surface area contributed by atoms with Crippen molar-refractivity contribution in [2.45, 2.75) is 20.0 Å². The molecule has 20 heavy (non-hydrogen) atoms. The van der Waals surface area contributed by atoms with Gasteiger partial charge in [0.1, 0.15) is 5.76 Å². The summed E-state index contributed by atoms with van der Waals surface area (Å²) in [4.78, 5) is 2.87. The molecule has 2 rings (SSSR count). The van der Waals surface area contributed by atoms with Crippen molar-refractivity contribution in [1.29, 1.82) is 0 Å². The van der Waals surface area contributed by atoms with Crippen LogP contribution in [0.25, 0.3) is 0 Å². The van der Waals surface area contributed by atoms with Gasteiger partial charge in [-0.1, -0.05) is 0 Å². The Labute approximate surface area is 121 Å². The Morgan fingerprint density at radius 3 is 2.75 bits per heavy atom. The van der Waals surface area contributed by atoms with Gasteiger partial charge in [0.2, 0.25) is 0 Å². The molecule has 0 amide bonds. The fraction of sp³-hybridized carbons (Fsp3) is 0.417. The van der Waals surface area contributed by atoms with Crippen molar-refractivity contribution in [1.82, 2.24) is 9.27 Å². The van der Waals surface area contributed by atoms with Gasteiger partial charge >= 0.3 is 10.2 Å². The summed E-state index contributed by atoms with van der Waals surface area (Å²) in [6.45, 7) is 3.01. The fourth-order valence-corrected chi connectivity index (χ4v) is 2.91. The van der Waals surface area contributed by atoms with Gasteiger partial charge in [0.05, 0.1) is 12.0 Å². The summed E-state index contributed by atoms with van der Waals surface area (Å²) in [6.07, 6.45) is 3.27. The molecule has 8 heteroatoms. The Morgan fingerprint density at radius 2 is 2.20 bits per heavy atom. The van der Waals surface area contributed by atoms with E-state index < -0.39 is 16.0 Å². The topological polar surface area (TPSA) is 63.4 Å². The van der Waals surface area contributed by atoms with Crippen molar-refractivity contribution >= 4 is 21.8 Å². The van der Waals surface area contributed by atoms with E-state index in [-0.39, 0.29) is 6.54 Å². The first-order chi connectivity index (χ1) is 9.44. The normalized spacial score (nSPS) is 12.2. The van der Waals surface area contributed by atoms with Crippen molar-refractivity contribution in [2.75, 3.05) is 12.3 Å². The Bertz CT molecular complexity index is 637. The predicted molar refractivity (Wildman–Crippen MR) is 74.6 cm³/mol. The SMILES string of the molecule is Cc1occc1CN(CCS(=O)(=O)F)Cc1ccns1. The molecule has 0 saturated heterocycles. The molecule has 0 spiro atoms. The highest BCUT2D eigenvalue weighted by Gasteiger charge is 2.15. The third kappa shape index (κ3) is 4.69. The molecule has 5 nitrogen and oxygen atoms in total. The first-order valence-electron chi connectivity index (χ1n) is 6.01. The second-order valence-corrected chi connectivity index (χ2v) is 6.84. The molecule has 0 N–H and O–H groups in total. The Balaban J connectivity index is 2.05. The van der Waals surface area contributed by atoms with E-state index >= 15 is 0 Å². The second-order valence-electron chi connectivity index (χ2n) is 4.43. The monoisotopic (exact) mass is 318 g/mol. The van der Waals surface area contributed by atoms with Crippen LogP contribution >= 0.6 is 11.5 Å². The van der Waals surface area contributed by atoms with Crippen molar-refractivity contribution < 1.29 is 16.7 Å². The molecule has 0 saturated carbocycles. The predicted octanol–water partition coefficient (Wildman–Crippen LogP) is 2.35. The summed E-state index contributed by atoms with van der Waals surface area (Å²) < 4.78 is 43.3. The summed E-state index contributed by atoms with van der Waals surface area (Å²) in [5.41, 5.74) is 0.964. The van der Waals surface area contributed by atoms with Crippen LogP contribution in [0.2, 0.25) is 0 Å². The number of aromatic nitrogens is 1. The first kappa shape index (κ1) is 15.1. The maximum absolute atomic E-state index is 12.7. The lowest BCUT2D eigenvalue weighted by Gasteiger charge is -2.20. The number of hydrogen-bond donors (Lipinski definition) is 0. The lowest BCUT2D eigenvalue weighted by molar-refractivity contribution is 0.272. The molecule has 110 valence electrons. The zero-order valence-electron chi connectivity index (χ0n) is 11.0. The van der Waals surface area contributed by atoms with E-state index in [4.69, 9.17) is 4.42 Å². The highest BCUT2D eigenvalue weighted by molar-refractivity contribution is 7.86. The minimum Gasteiger partial charge on any atom is -0.469 e. The van der Waals surface area contributed by atoms with E-state index in [1.165, 1.54) is 11.5 Å². The molecule has 2 aromatic heterocycles. The van der Waals surface area contributed by atoms with E-state index in [1.54, 1.807) is 12.5 Å². The van der Waals surface area contributed by atoms with Gasteiger partial charge in [-0.2, -0.15) is 8.42 Å². The number of aryl methyl sites for hydroxylation is 1. The molecule has 0 fully saturated rings. The largest absolute Gasteiger partial charge is 0.469 e. The molecule has 0 radical (unpaired) electrons. The van der Waals surface area contributed by atoms with Crippen LogP contribution in [-0.4, -0.2) is 30.0 Å². The van der Waals surface area contributed by atoms with Crippen LogP contribution in [0.5, 0.6) is 0 Å². The Kier molecular flexibility index (Phi) is 4.90. The van der Waals surface area contributed by atoms with E-state index in [2.05, 4.69) is 4.37 Å². The number of nitrogens with zero attached hydrogens (tertiary/aromatic N) is 2. The fourth-order valence-electron chi connectivity index (χ4n) is 1.81. The summed E-state index contributed by atoms with van der Waals surface area (Å²) in [6, 6.07) is 3.70. The van der Waals surface area contributed by atoms with Crippen molar-refractivity contribution in [3.8, 4) is 0 Å². The summed E-state index contributed by atoms with van der Waals surface area (Å²) in [5.74, 6) is 0.269. The Hall–Kier alpha value is -1.25. The number of halogens is 1. The molecule has 0 bridgehead atoms. The number of hydrogen-bond acceptors (Lipinski definition) is 6. The lowest BCUT2D eigenvalue weighted by atomic mass is 10.2. The molecule has 0 atom stereocenters. The van der Waals surface area contributed by atoms with Gasteiger partial charge in [0.25, 0.3) is 0 Å². The summed E-state index contributed by atoms with van der Waals surface area (Å²) in [7, 11) is -4.46. The van der Waals surface area contributed by atoms with Crippen LogP contribution in [0, 0.1) is 6.92 Å². The molecule has 2 heterocycles. The second kappa shape index (κ2) is 6.47. The third-order valence-corrected chi connectivity index (χ3v) is 4.28. The smallest absolute Gasteiger partial charge is 0.303 e. The van der Waals surface area contributed by atoms with Crippen LogP contribution < -0.4 is 0 Å². The van der Waals surface area contributed by atoms with Gasteiger partial charge < -0.3 is 4.42 Å². The van der Waals surface area contributed by atoms with E-state index in [0.717, 1.165) is 16.2 Å². The minimum absolute atomic E-state index is 0.126. The average molecular weight is 318 g/mol. The molecule has 0 aliphatic rings. The van der Waals surface area contributed by atoms with E-state index in [9.17, 15) is 12.3 Å². The van der Waals surface area contributed by atoms with E-state index in [1.807, 2.05) is 24.0 Å². The maximum atomic E-state index is 12.7. The molecule has 0 unspecified atom stereocenters. The third-order valence-electron chi connectivity index (χ3n) is 2.88. The van der Waals surface area contributed by atoms with Crippen LogP contribution in [0.3, 0.4) is 0 Å². The molecular formula is C12H15FN2O3S2. The van der Waals surface area contributed by atoms with Gasteiger partial charge in [-0.15, -0.1) is 3.89 Å². The molecule has 0 aromatic carbocycles. The van der Waals surface area contributed by atoms with Gasteiger partial charge in [-0.25, -0.2) is 4.37 Å². The standard InChI is InChI=1S/C12H15FN2O3S2/c1-10-11(3-6-18-10)8-15(5-7-20(13,16)17)9-12-2-4-14-19-12/h2-4,6H,5,7-9H2,1H3. The molecule has 2 aromatic rings. The van der Waals surface area contributed by atoms with Crippen LogP contribution in [0.4, 0.5) is 3.89 Å². The van der Waals surface area contributed by atoms with Crippen molar-refractivity contribution in [2.24, 2.45) is 0 Å². The minimum atomic E-state index is -4.46. The lowest BCUT2D eigenvalue weighted by Crippen LogP contribution is -2.27. The quantitative estimate of drug-likeness (QED) is 0.733.